The number of nitrogens with one attached hydrogen (secondary N) is 1. The van der Waals surface area contributed by atoms with Gasteiger partial charge in [0, 0.05) is 18.4 Å². The highest BCUT2D eigenvalue weighted by Crippen LogP contribution is 2.37. The van der Waals surface area contributed by atoms with E-state index in [1.807, 2.05) is 68.4 Å². The molecule has 170 valence electrons. The second kappa shape index (κ2) is 9.99. The van der Waals surface area contributed by atoms with Gasteiger partial charge in [-0.3, -0.25) is 14.6 Å². The largest absolute Gasteiger partial charge is 0.324 e. The van der Waals surface area contributed by atoms with E-state index in [9.17, 15) is 9.59 Å². The van der Waals surface area contributed by atoms with Gasteiger partial charge in [-0.1, -0.05) is 73.9 Å². The van der Waals surface area contributed by atoms with E-state index in [0.29, 0.717) is 25.1 Å². The van der Waals surface area contributed by atoms with Gasteiger partial charge in [0.25, 0.3) is 5.91 Å². The monoisotopic (exact) mass is 441 g/mol. The summed E-state index contributed by atoms with van der Waals surface area (Å²) in [6.45, 7) is 4.35. The lowest BCUT2D eigenvalue weighted by Crippen LogP contribution is -2.59. The molecular formula is C28H31N3O2. The molecule has 1 fully saturated rings. The van der Waals surface area contributed by atoms with Gasteiger partial charge in [-0.25, -0.2) is 0 Å². The molecule has 0 bridgehead atoms. The zero-order valence-corrected chi connectivity index (χ0v) is 19.4. The summed E-state index contributed by atoms with van der Waals surface area (Å²) in [6.07, 6.45) is 5.76. The number of nitrogens with zero attached hydrogens (tertiary/aromatic N) is 2. The van der Waals surface area contributed by atoms with Gasteiger partial charge in [-0.05, 0) is 55.5 Å². The lowest BCUT2D eigenvalue weighted by molar-refractivity contribution is -0.129. The smallest absolute Gasteiger partial charge is 0.273 e. The molecule has 1 aliphatic carbocycles. The molecule has 0 saturated heterocycles. The molecule has 2 amide bonds. The summed E-state index contributed by atoms with van der Waals surface area (Å²) in [4.78, 5) is 34.0. The van der Waals surface area contributed by atoms with Crippen LogP contribution in [0.1, 0.15) is 59.3 Å². The maximum absolute atomic E-state index is 14.0. The standard InChI is InChI=1S/C28H31N3O2/c1-21-12-11-13-22(2)25(21)30-27(33)28(17-8-4-9-18-28)31(20-23-14-5-3-6-15-23)26(32)24-16-7-10-19-29-24/h3,5-7,10-16,19H,4,8-9,17-18,20H2,1-2H3,(H,30,33). The Morgan fingerprint density at radius 2 is 1.55 bits per heavy atom. The van der Waals surface area contributed by atoms with Crippen LogP contribution in [0.3, 0.4) is 0 Å². The summed E-state index contributed by atoms with van der Waals surface area (Å²) in [6, 6.07) is 21.2. The Morgan fingerprint density at radius 1 is 0.879 bits per heavy atom. The molecule has 0 radical (unpaired) electrons. The number of hydrogen-bond acceptors (Lipinski definition) is 3. The molecule has 5 heteroatoms. The predicted molar refractivity (Wildman–Crippen MR) is 131 cm³/mol. The Kier molecular flexibility index (Phi) is 6.87. The molecule has 1 aliphatic rings. The van der Waals surface area contributed by atoms with Crippen LogP contribution in [0.15, 0.2) is 72.9 Å². The summed E-state index contributed by atoms with van der Waals surface area (Å²) in [5.41, 5.74) is 3.28. The average molecular weight is 442 g/mol. The molecule has 1 heterocycles. The number of anilines is 1. The van der Waals surface area contributed by atoms with Crippen molar-refractivity contribution in [1.82, 2.24) is 9.88 Å². The van der Waals surface area contributed by atoms with E-state index in [-0.39, 0.29) is 11.8 Å². The van der Waals surface area contributed by atoms with Crippen molar-refractivity contribution in [3.8, 4) is 0 Å². The third-order valence-electron chi connectivity index (χ3n) is 6.65. The van der Waals surface area contributed by atoms with Crippen molar-refractivity contribution < 1.29 is 9.59 Å². The molecule has 1 N–H and O–H groups in total. The van der Waals surface area contributed by atoms with Gasteiger partial charge in [-0.2, -0.15) is 0 Å². The number of pyridine rings is 1. The molecule has 4 rings (SSSR count). The Balaban J connectivity index is 1.77. The van der Waals surface area contributed by atoms with Crippen LogP contribution in [-0.2, 0) is 11.3 Å². The fraction of sp³-hybridized carbons (Fsp3) is 0.321. The number of para-hydroxylation sites is 1. The van der Waals surface area contributed by atoms with E-state index in [1.165, 1.54) is 0 Å². The minimum atomic E-state index is -0.933. The van der Waals surface area contributed by atoms with Crippen molar-refractivity contribution in [3.05, 3.63) is 95.3 Å². The number of hydrogen-bond donors (Lipinski definition) is 1. The number of amides is 2. The van der Waals surface area contributed by atoms with Gasteiger partial charge in [0.2, 0.25) is 5.91 Å². The van der Waals surface area contributed by atoms with Crippen LogP contribution >= 0.6 is 0 Å². The van der Waals surface area contributed by atoms with E-state index < -0.39 is 5.54 Å². The Hall–Kier alpha value is -3.47. The third kappa shape index (κ3) is 4.82. The second-order valence-electron chi connectivity index (χ2n) is 8.91. The molecular weight excluding hydrogens is 410 g/mol. The fourth-order valence-corrected chi connectivity index (χ4v) is 4.81. The number of rotatable bonds is 6. The van der Waals surface area contributed by atoms with E-state index in [0.717, 1.165) is 41.6 Å². The molecule has 3 aromatic rings. The van der Waals surface area contributed by atoms with Gasteiger partial charge < -0.3 is 10.2 Å². The van der Waals surface area contributed by atoms with Crippen LogP contribution in [0.5, 0.6) is 0 Å². The van der Waals surface area contributed by atoms with E-state index in [4.69, 9.17) is 0 Å². The molecule has 0 aliphatic heterocycles. The van der Waals surface area contributed by atoms with Crippen molar-refractivity contribution in [3.63, 3.8) is 0 Å². The van der Waals surface area contributed by atoms with Crippen LogP contribution in [0.2, 0.25) is 0 Å². The zero-order chi connectivity index (χ0) is 23.3. The molecule has 1 saturated carbocycles. The zero-order valence-electron chi connectivity index (χ0n) is 19.4. The first-order valence-corrected chi connectivity index (χ1v) is 11.7. The predicted octanol–water partition coefficient (Wildman–Crippen LogP) is 5.68. The summed E-state index contributed by atoms with van der Waals surface area (Å²) < 4.78 is 0. The van der Waals surface area contributed by atoms with Crippen molar-refractivity contribution in [2.75, 3.05) is 5.32 Å². The van der Waals surface area contributed by atoms with Crippen molar-refractivity contribution in [1.29, 1.82) is 0 Å². The van der Waals surface area contributed by atoms with Crippen LogP contribution in [0, 0.1) is 13.8 Å². The normalized spacial score (nSPS) is 15.0. The Labute approximate surface area is 195 Å². The highest BCUT2D eigenvalue weighted by atomic mass is 16.2. The van der Waals surface area contributed by atoms with Crippen LogP contribution in [0.4, 0.5) is 5.69 Å². The molecule has 0 atom stereocenters. The summed E-state index contributed by atoms with van der Waals surface area (Å²) >= 11 is 0. The molecule has 1 aromatic heterocycles. The van der Waals surface area contributed by atoms with Crippen LogP contribution in [-0.4, -0.2) is 27.2 Å². The fourth-order valence-electron chi connectivity index (χ4n) is 4.81. The number of aromatic nitrogens is 1. The Morgan fingerprint density at radius 3 is 2.18 bits per heavy atom. The summed E-state index contributed by atoms with van der Waals surface area (Å²) in [5.74, 6) is -0.321. The summed E-state index contributed by atoms with van der Waals surface area (Å²) in [5, 5.41) is 3.21. The van der Waals surface area contributed by atoms with Gasteiger partial charge in [0.05, 0.1) is 0 Å². The van der Waals surface area contributed by atoms with E-state index in [2.05, 4.69) is 10.3 Å². The van der Waals surface area contributed by atoms with E-state index >= 15 is 0 Å². The van der Waals surface area contributed by atoms with Gasteiger partial charge in [0.1, 0.15) is 11.2 Å². The quantitative estimate of drug-likeness (QED) is 0.535. The molecule has 0 unspecified atom stereocenters. The molecule has 2 aromatic carbocycles. The molecule has 5 nitrogen and oxygen atoms in total. The van der Waals surface area contributed by atoms with Crippen LogP contribution < -0.4 is 5.32 Å². The number of benzene rings is 2. The lowest BCUT2D eigenvalue weighted by atomic mass is 9.78. The van der Waals surface area contributed by atoms with Gasteiger partial charge in [0.15, 0.2) is 0 Å². The lowest BCUT2D eigenvalue weighted by Gasteiger charge is -2.45. The average Bonchev–Trinajstić information content (AvgIpc) is 2.86. The highest BCUT2D eigenvalue weighted by molar-refractivity contribution is 6.03. The minimum absolute atomic E-state index is 0.111. The maximum atomic E-state index is 14.0. The Bertz CT molecular complexity index is 1090. The van der Waals surface area contributed by atoms with Crippen LogP contribution in [0.25, 0.3) is 0 Å². The van der Waals surface area contributed by atoms with Crippen molar-refractivity contribution in [2.45, 2.75) is 58.0 Å². The number of aryl methyl sites for hydroxylation is 2. The minimum Gasteiger partial charge on any atom is -0.324 e. The first kappa shape index (κ1) is 22.7. The molecule has 33 heavy (non-hydrogen) atoms. The van der Waals surface area contributed by atoms with Crippen molar-refractivity contribution >= 4 is 17.5 Å². The first-order valence-electron chi connectivity index (χ1n) is 11.7. The highest BCUT2D eigenvalue weighted by Gasteiger charge is 2.47. The SMILES string of the molecule is Cc1cccc(C)c1NC(=O)C1(N(Cc2ccccc2)C(=O)c2ccccn2)CCCCC1. The van der Waals surface area contributed by atoms with Gasteiger partial charge >= 0.3 is 0 Å². The van der Waals surface area contributed by atoms with E-state index in [1.54, 1.807) is 23.2 Å². The number of carbonyl (C=O) groups excluding carboxylic acids is 2. The molecule has 0 spiro atoms. The van der Waals surface area contributed by atoms with Gasteiger partial charge in [-0.15, -0.1) is 0 Å². The second-order valence-corrected chi connectivity index (χ2v) is 8.91. The first-order chi connectivity index (χ1) is 16.0. The third-order valence-corrected chi connectivity index (χ3v) is 6.65. The summed E-state index contributed by atoms with van der Waals surface area (Å²) in [7, 11) is 0. The van der Waals surface area contributed by atoms with Crippen molar-refractivity contribution in [2.24, 2.45) is 0 Å². The number of carbonyl (C=O) groups is 2. The maximum Gasteiger partial charge on any atom is 0.273 e. The topological polar surface area (TPSA) is 62.3 Å².